The molecule has 0 saturated carbocycles. The SMILES string of the molecule is Cc1ccc2c(c1)C(c1cc(-c3ccccc3)cc(-c3ccccc3)c1)(c1nc(-c3ccccc3)nc(-c3ccccc3)n1)c1cc(C)ccc1-2. The van der Waals surface area contributed by atoms with Gasteiger partial charge < -0.3 is 0 Å². The zero-order valence-corrected chi connectivity index (χ0v) is 28.6. The van der Waals surface area contributed by atoms with Gasteiger partial charge >= 0.3 is 0 Å². The zero-order chi connectivity index (χ0) is 34.4. The van der Waals surface area contributed by atoms with Crippen molar-refractivity contribution in [1.82, 2.24) is 15.0 Å². The molecule has 0 saturated heterocycles. The van der Waals surface area contributed by atoms with E-state index in [1.54, 1.807) is 0 Å². The highest BCUT2D eigenvalue weighted by molar-refractivity contribution is 5.88. The van der Waals surface area contributed by atoms with E-state index < -0.39 is 5.41 Å². The number of aromatic nitrogens is 3. The Balaban J connectivity index is 1.46. The van der Waals surface area contributed by atoms with Crippen LogP contribution in [0.4, 0.5) is 0 Å². The Morgan fingerprint density at radius 2 is 0.745 bits per heavy atom. The molecule has 0 atom stereocenters. The van der Waals surface area contributed by atoms with Gasteiger partial charge in [-0.25, -0.2) is 15.0 Å². The van der Waals surface area contributed by atoms with Crippen LogP contribution in [0.1, 0.15) is 33.6 Å². The first kappa shape index (κ1) is 30.6. The van der Waals surface area contributed by atoms with Gasteiger partial charge in [-0.05, 0) is 82.1 Å². The third-order valence-electron chi connectivity index (χ3n) is 10.1. The Labute approximate surface area is 299 Å². The Morgan fingerprint density at radius 1 is 0.353 bits per heavy atom. The van der Waals surface area contributed by atoms with Gasteiger partial charge in [-0.15, -0.1) is 0 Å². The second kappa shape index (κ2) is 12.5. The molecule has 3 heteroatoms. The van der Waals surface area contributed by atoms with Crippen molar-refractivity contribution in [2.24, 2.45) is 0 Å². The molecular formula is C48H35N3. The van der Waals surface area contributed by atoms with Gasteiger partial charge in [0.15, 0.2) is 17.5 Å². The molecule has 242 valence electrons. The largest absolute Gasteiger partial charge is 0.211 e. The van der Waals surface area contributed by atoms with Crippen molar-refractivity contribution in [3.05, 3.63) is 210 Å². The molecule has 7 aromatic carbocycles. The second-order valence-electron chi connectivity index (χ2n) is 13.4. The average molecular weight is 654 g/mol. The van der Waals surface area contributed by atoms with Crippen LogP contribution < -0.4 is 0 Å². The lowest BCUT2D eigenvalue weighted by molar-refractivity contribution is 0.691. The van der Waals surface area contributed by atoms with Crippen LogP contribution in [0.3, 0.4) is 0 Å². The van der Waals surface area contributed by atoms with Crippen molar-refractivity contribution in [1.29, 1.82) is 0 Å². The van der Waals surface area contributed by atoms with Crippen LogP contribution in [0.2, 0.25) is 0 Å². The first-order valence-corrected chi connectivity index (χ1v) is 17.4. The van der Waals surface area contributed by atoms with Gasteiger partial charge in [0.05, 0.1) is 0 Å². The molecule has 1 aliphatic rings. The Morgan fingerprint density at radius 3 is 1.16 bits per heavy atom. The monoisotopic (exact) mass is 653 g/mol. The van der Waals surface area contributed by atoms with E-state index in [9.17, 15) is 0 Å². The van der Waals surface area contributed by atoms with Crippen molar-refractivity contribution in [2.45, 2.75) is 19.3 Å². The molecule has 0 amide bonds. The maximum absolute atomic E-state index is 5.50. The fourth-order valence-electron chi connectivity index (χ4n) is 7.65. The van der Waals surface area contributed by atoms with E-state index in [-0.39, 0.29) is 0 Å². The summed E-state index contributed by atoms with van der Waals surface area (Å²) < 4.78 is 0. The lowest BCUT2D eigenvalue weighted by Gasteiger charge is -2.33. The minimum Gasteiger partial charge on any atom is -0.211 e. The number of hydrogen-bond donors (Lipinski definition) is 0. The van der Waals surface area contributed by atoms with Crippen molar-refractivity contribution >= 4 is 0 Å². The number of aryl methyl sites for hydroxylation is 2. The van der Waals surface area contributed by atoms with E-state index in [0.717, 1.165) is 38.9 Å². The quantitative estimate of drug-likeness (QED) is 0.179. The normalized spacial score (nSPS) is 12.7. The van der Waals surface area contributed by atoms with E-state index in [0.29, 0.717) is 17.5 Å². The van der Waals surface area contributed by atoms with Crippen LogP contribution in [-0.2, 0) is 5.41 Å². The topological polar surface area (TPSA) is 38.7 Å². The molecule has 0 fully saturated rings. The average Bonchev–Trinajstić information content (AvgIpc) is 3.48. The first-order valence-electron chi connectivity index (χ1n) is 17.4. The summed E-state index contributed by atoms with van der Waals surface area (Å²) in [5.74, 6) is 2.00. The summed E-state index contributed by atoms with van der Waals surface area (Å²) in [6.45, 7) is 4.35. The smallest absolute Gasteiger partial charge is 0.163 e. The van der Waals surface area contributed by atoms with Crippen molar-refractivity contribution in [3.8, 4) is 56.2 Å². The summed E-state index contributed by atoms with van der Waals surface area (Å²) in [4.78, 5) is 16.1. The van der Waals surface area contributed by atoms with Crippen molar-refractivity contribution < 1.29 is 0 Å². The molecule has 0 unspecified atom stereocenters. The Hall–Kier alpha value is -6.45. The number of benzene rings is 7. The summed E-state index contributed by atoms with van der Waals surface area (Å²) in [5, 5.41) is 0. The number of rotatable bonds is 6. The fraction of sp³-hybridized carbons (Fsp3) is 0.0625. The van der Waals surface area contributed by atoms with Crippen LogP contribution in [0, 0.1) is 13.8 Å². The predicted octanol–water partition coefficient (Wildman–Crippen LogP) is 11.5. The summed E-state index contributed by atoms with van der Waals surface area (Å²) in [7, 11) is 0. The van der Waals surface area contributed by atoms with Crippen molar-refractivity contribution in [3.63, 3.8) is 0 Å². The third kappa shape index (κ3) is 5.26. The van der Waals surface area contributed by atoms with Crippen LogP contribution in [0.25, 0.3) is 56.2 Å². The lowest BCUT2D eigenvalue weighted by atomic mass is 9.70. The van der Waals surface area contributed by atoms with Crippen LogP contribution in [0.5, 0.6) is 0 Å². The summed E-state index contributed by atoms with van der Waals surface area (Å²) in [5.41, 5.74) is 13.9. The highest BCUT2D eigenvalue weighted by Gasteiger charge is 2.49. The number of fused-ring (bicyclic) bond motifs is 3. The highest BCUT2D eigenvalue weighted by Crippen LogP contribution is 2.56. The van der Waals surface area contributed by atoms with Gasteiger partial charge in [0.2, 0.25) is 0 Å². The Kier molecular flexibility index (Phi) is 7.48. The molecule has 0 spiro atoms. The van der Waals surface area contributed by atoms with Gasteiger partial charge in [-0.2, -0.15) is 0 Å². The fourth-order valence-corrected chi connectivity index (χ4v) is 7.65. The van der Waals surface area contributed by atoms with Gasteiger partial charge in [0.1, 0.15) is 5.41 Å². The summed E-state index contributed by atoms with van der Waals surface area (Å²) in [6.07, 6.45) is 0. The van der Waals surface area contributed by atoms with Gasteiger partial charge in [-0.1, -0.05) is 169 Å². The number of hydrogen-bond acceptors (Lipinski definition) is 3. The van der Waals surface area contributed by atoms with Crippen LogP contribution >= 0.6 is 0 Å². The third-order valence-corrected chi connectivity index (χ3v) is 10.1. The molecule has 0 N–H and O–H groups in total. The number of nitrogens with zero attached hydrogens (tertiary/aromatic N) is 3. The second-order valence-corrected chi connectivity index (χ2v) is 13.4. The molecule has 0 aliphatic heterocycles. The maximum atomic E-state index is 5.50. The molecule has 0 radical (unpaired) electrons. The Bertz CT molecular complexity index is 2230. The minimum absolute atomic E-state index is 0.650. The summed E-state index contributed by atoms with van der Waals surface area (Å²) in [6, 6.07) is 62.6. The zero-order valence-electron chi connectivity index (χ0n) is 28.6. The maximum Gasteiger partial charge on any atom is 0.163 e. The standard InChI is InChI=1S/C48H35N3/c1-32-23-25-41-42-26-24-33(2)28-44(42)48(43(41)27-32,40-30-38(34-15-7-3-8-16-34)29-39(31-40)35-17-9-4-10-18-35)47-50-45(36-19-11-5-12-20-36)49-46(51-47)37-21-13-6-14-22-37/h3-31H,1-2H3. The molecule has 3 nitrogen and oxygen atoms in total. The van der Waals surface area contributed by atoms with E-state index in [1.165, 1.54) is 33.4 Å². The van der Waals surface area contributed by atoms with Gasteiger partial charge in [0.25, 0.3) is 0 Å². The summed E-state index contributed by atoms with van der Waals surface area (Å²) >= 11 is 0. The van der Waals surface area contributed by atoms with E-state index in [4.69, 9.17) is 15.0 Å². The molecule has 51 heavy (non-hydrogen) atoms. The first-order chi connectivity index (χ1) is 25.1. The molecule has 1 aliphatic carbocycles. The van der Waals surface area contributed by atoms with Gasteiger partial charge in [-0.3, -0.25) is 0 Å². The lowest BCUT2D eigenvalue weighted by Crippen LogP contribution is -2.32. The van der Waals surface area contributed by atoms with E-state index in [2.05, 4.69) is 153 Å². The van der Waals surface area contributed by atoms with Crippen molar-refractivity contribution in [2.75, 3.05) is 0 Å². The molecule has 1 heterocycles. The highest BCUT2D eigenvalue weighted by atomic mass is 15.0. The molecular weight excluding hydrogens is 619 g/mol. The molecule has 9 rings (SSSR count). The van der Waals surface area contributed by atoms with Gasteiger partial charge in [0, 0.05) is 11.1 Å². The van der Waals surface area contributed by atoms with Crippen LogP contribution in [0.15, 0.2) is 176 Å². The minimum atomic E-state index is -0.854. The van der Waals surface area contributed by atoms with E-state index >= 15 is 0 Å². The van der Waals surface area contributed by atoms with Crippen LogP contribution in [-0.4, -0.2) is 15.0 Å². The van der Waals surface area contributed by atoms with E-state index in [1.807, 2.05) is 36.4 Å². The molecule has 8 aromatic rings. The molecule has 0 bridgehead atoms. The molecule has 1 aromatic heterocycles. The predicted molar refractivity (Wildman–Crippen MR) is 208 cm³/mol.